The molecule has 0 aliphatic carbocycles. The summed E-state index contributed by atoms with van der Waals surface area (Å²) in [5.74, 6) is 0. The first-order valence-corrected chi connectivity index (χ1v) is 6.08. The van der Waals surface area contributed by atoms with E-state index in [0.29, 0.717) is 5.02 Å². The molecule has 0 fully saturated rings. The molecule has 1 atom stereocenters. The summed E-state index contributed by atoms with van der Waals surface area (Å²) in [5.41, 5.74) is 8.20. The van der Waals surface area contributed by atoms with Gasteiger partial charge in [0, 0.05) is 15.5 Å². The maximum Gasteiger partial charge on any atom is 0.0465 e. The van der Waals surface area contributed by atoms with E-state index in [4.69, 9.17) is 17.3 Å². The normalized spacial score (nSPS) is 12.5. The molecule has 0 aromatic heterocycles. The van der Waals surface area contributed by atoms with E-state index < -0.39 is 0 Å². The van der Waals surface area contributed by atoms with E-state index in [-0.39, 0.29) is 6.04 Å². The summed E-state index contributed by atoms with van der Waals surface area (Å²) >= 11 is 9.48. The van der Waals surface area contributed by atoms with Gasteiger partial charge in [-0.3, -0.25) is 0 Å². The van der Waals surface area contributed by atoms with Crippen molar-refractivity contribution in [2.45, 2.75) is 25.8 Å². The Balaban J connectivity index is 2.82. The van der Waals surface area contributed by atoms with Crippen molar-refractivity contribution in [3.05, 3.63) is 45.4 Å². The Bertz CT molecular complexity index is 363. The van der Waals surface area contributed by atoms with Gasteiger partial charge in [0.05, 0.1) is 0 Å². The monoisotopic (exact) mass is 287 g/mol. The average molecular weight is 289 g/mol. The topological polar surface area (TPSA) is 26.0 Å². The van der Waals surface area contributed by atoms with Gasteiger partial charge in [-0.2, -0.15) is 0 Å². The highest BCUT2D eigenvalue weighted by molar-refractivity contribution is 9.10. The van der Waals surface area contributed by atoms with Crippen molar-refractivity contribution in [2.24, 2.45) is 5.73 Å². The highest BCUT2D eigenvalue weighted by Gasteiger charge is 2.10. The Morgan fingerprint density at radius 3 is 2.80 bits per heavy atom. The van der Waals surface area contributed by atoms with Crippen LogP contribution in [0.3, 0.4) is 0 Å². The Morgan fingerprint density at radius 2 is 2.27 bits per heavy atom. The van der Waals surface area contributed by atoms with Crippen molar-refractivity contribution < 1.29 is 0 Å². The van der Waals surface area contributed by atoms with Gasteiger partial charge in [-0.15, -0.1) is 0 Å². The van der Waals surface area contributed by atoms with Gasteiger partial charge in [-0.05, 0) is 30.5 Å². The molecule has 2 N–H and O–H groups in total. The zero-order valence-electron chi connectivity index (χ0n) is 8.76. The molecule has 0 saturated carbocycles. The number of hydrogen-bond donors (Lipinski definition) is 1. The van der Waals surface area contributed by atoms with Gasteiger partial charge < -0.3 is 5.73 Å². The van der Waals surface area contributed by atoms with Gasteiger partial charge in [0.25, 0.3) is 0 Å². The lowest BCUT2D eigenvalue weighted by molar-refractivity contribution is 0.701. The molecule has 0 amide bonds. The van der Waals surface area contributed by atoms with Crippen LogP contribution in [0.2, 0.25) is 5.02 Å². The Hall–Kier alpha value is -0.310. The Morgan fingerprint density at radius 1 is 1.60 bits per heavy atom. The number of rotatable bonds is 4. The molecule has 0 heterocycles. The fourth-order valence-corrected chi connectivity index (χ4v) is 2.18. The van der Waals surface area contributed by atoms with Gasteiger partial charge in [0.2, 0.25) is 0 Å². The van der Waals surface area contributed by atoms with Crippen LogP contribution in [-0.4, -0.2) is 0 Å². The summed E-state index contributed by atoms with van der Waals surface area (Å²) in [6, 6.07) is 5.72. The molecule has 0 aliphatic heterocycles. The molecule has 1 aromatic rings. The maximum absolute atomic E-state index is 6.11. The molecular formula is C12H15BrClN. The first kappa shape index (κ1) is 12.8. The lowest BCUT2D eigenvalue weighted by atomic mass is 9.99. The average Bonchev–Trinajstić information content (AvgIpc) is 2.17. The summed E-state index contributed by atoms with van der Waals surface area (Å²) in [5, 5.41) is 0.709. The van der Waals surface area contributed by atoms with Gasteiger partial charge in [0.15, 0.2) is 0 Å². The first-order chi connectivity index (χ1) is 7.04. The van der Waals surface area contributed by atoms with Gasteiger partial charge >= 0.3 is 0 Å². The molecule has 0 spiro atoms. The summed E-state index contributed by atoms with van der Waals surface area (Å²) in [6.07, 6.45) is 1.75. The fourth-order valence-electron chi connectivity index (χ4n) is 1.37. The van der Waals surface area contributed by atoms with E-state index in [1.165, 1.54) is 0 Å². The standard InChI is InChI=1S/C12H15BrClN/c1-3-8(2)6-12(15)10-5-4-9(13)7-11(10)14/h4-5,7,12H,2-3,6,15H2,1H3. The van der Waals surface area contributed by atoms with E-state index in [1.807, 2.05) is 18.2 Å². The molecule has 0 bridgehead atoms. The van der Waals surface area contributed by atoms with E-state index >= 15 is 0 Å². The first-order valence-electron chi connectivity index (χ1n) is 4.91. The van der Waals surface area contributed by atoms with Crippen molar-refractivity contribution in [1.29, 1.82) is 0 Å². The zero-order chi connectivity index (χ0) is 11.4. The predicted octanol–water partition coefficient (Wildman–Crippen LogP) is 4.46. The van der Waals surface area contributed by atoms with Crippen LogP contribution in [0.25, 0.3) is 0 Å². The van der Waals surface area contributed by atoms with Crippen LogP contribution in [-0.2, 0) is 0 Å². The third-order valence-electron chi connectivity index (χ3n) is 2.37. The number of halogens is 2. The van der Waals surface area contributed by atoms with E-state index in [1.54, 1.807) is 0 Å². The third-order valence-corrected chi connectivity index (χ3v) is 3.19. The molecule has 0 aliphatic rings. The zero-order valence-corrected chi connectivity index (χ0v) is 11.1. The maximum atomic E-state index is 6.11. The van der Waals surface area contributed by atoms with Crippen LogP contribution < -0.4 is 5.73 Å². The number of hydrogen-bond acceptors (Lipinski definition) is 1. The largest absolute Gasteiger partial charge is 0.324 e. The van der Waals surface area contributed by atoms with Crippen LogP contribution in [0.15, 0.2) is 34.8 Å². The number of nitrogens with two attached hydrogens (primary N) is 1. The Kier molecular flexibility index (Phi) is 4.84. The summed E-state index contributed by atoms with van der Waals surface area (Å²) < 4.78 is 0.970. The minimum atomic E-state index is -0.0574. The predicted molar refractivity (Wildman–Crippen MR) is 70.1 cm³/mol. The van der Waals surface area contributed by atoms with E-state index in [2.05, 4.69) is 29.4 Å². The molecule has 1 aromatic carbocycles. The molecule has 1 unspecified atom stereocenters. The van der Waals surface area contributed by atoms with Crippen molar-refractivity contribution in [2.75, 3.05) is 0 Å². The van der Waals surface area contributed by atoms with Crippen LogP contribution in [0.5, 0.6) is 0 Å². The third kappa shape index (κ3) is 3.63. The lowest BCUT2D eigenvalue weighted by Crippen LogP contribution is -2.11. The van der Waals surface area contributed by atoms with Crippen molar-refractivity contribution in [3.63, 3.8) is 0 Å². The van der Waals surface area contributed by atoms with E-state index in [0.717, 1.165) is 28.5 Å². The van der Waals surface area contributed by atoms with Gasteiger partial charge in [-0.25, -0.2) is 0 Å². The van der Waals surface area contributed by atoms with Crippen molar-refractivity contribution in [1.82, 2.24) is 0 Å². The summed E-state index contributed by atoms with van der Waals surface area (Å²) in [7, 11) is 0. The van der Waals surface area contributed by atoms with Crippen LogP contribution >= 0.6 is 27.5 Å². The molecule has 1 rings (SSSR count). The highest BCUT2D eigenvalue weighted by Crippen LogP contribution is 2.28. The smallest absolute Gasteiger partial charge is 0.0465 e. The second-order valence-corrected chi connectivity index (χ2v) is 4.90. The van der Waals surface area contributed by atoms with Crippen molar-refractivity contribution >= 4 is 27.5 Å². The highest BCUT2D eigenvalue weighted by atomic mass is 79.9. The fraction of sp³-hybridized carbons (Fsp3) is 0.333. The molecular weight excluding hydrogens is 273 g/mol. The van der Waals surface area contributed by atoms with Gasteiger partial charge in [0.1, 0.15) is 0 Å². The minimum Gasteiger partial charge on any atom is -0.324 e. The summed E-state index contributed by atoms with van der Waals surface area (Å²) in [6.45, 7) is 6.04. The summed E-state index contributed by atoms with van der Waals surface area (Å²) in [4.78, 5) is 0. The second-order valence-electron chi connectivity index (χ2n) is 3.58. The van der Waals surface area contributed by atoms with E-state index in [9.17, 15) is 0 Å². The Labute approximate surface area is 104 Å². The molecule has 1 nitrogen and oxygen atoms in total. The second kappa shape index (κ2) is 5.69. The lowest BCUT2D eigenvalue weighted by Gasteiger charge is -2.14. The minimum absolute atomic E-state index is 0.0574. The van der Waals surface area contributed by atoms with Crippen molar-refractivity contribution in [3.8, 4) is 0 Å². The van der Waals surface area contributed by atoms with Crippen LogP contribution in [0.4, 0.5) is 0 Å². The van der Waals surface area contributed by atoms with Gasteiger partial charge in [-0.1, -0.05) is 52.7 Å². The molecule has 0 radical (unpaired) electrons. The quantitative estimate of drug-likeness (QED) is 0.813. The molecule has 82 valence electrons. The molecule has 15 heavy (non-hydrogen) atoms. The number of benzene rings is 1. The molecule has 0 saturated heterocycles. The molecule has 3 heteroatoms. The SMILES string of the molecule is C=C(CC)CC(N)c1ccc(Br)cc1Cl. The van der Waals surface area contributed by atoms with Crippen LogP contribution in [0, 0.1) is 0 Å². The van der Waals surface area contributed by atoms with Crippen LogP contribution in [0.1, 0.15) is 31.4 Å².